The van der Waals surface area contributed by atoms with Gasteiger partial charge in [0.2, 0.25) is 0 Å². The van der Waals surface area contributed by atoms with Gasteiger partial charge in [-0.25, -0.2) is 8.42 Å². The molecule has 10 heteroatoms. The molecule has 0 aliphatic carbocycles. The Labute approximate surface area is 164 Å². The van der Waals surface area contributed by atoms with Crippen LogP contribution in [0, 0.1) is 0 Å². The SMILES string of the molecule is CCS(=O)(=O)c1ccc(Cl)cc1CNC(=O)c1cc(C(F)(F)F)ccc1Cl. The minimum atomic E-state index is -4.63. The first kappa shape index (κ1) is 21.5. The summed E-state index contributed by atoms with van der Waals surface area (Å²) in [7, 11) is -3.58. The summed E-state index contributed by atoms with van der Waals surface area (Å²) in [6.07, 6.45) is -4.63. The Morgan fingerprint density at radius 1 is 1.11 bits per heavy atom. The third-order valence-electron chi connectivity index (χ3n) is 3.72. The second kappa shape index (κ2) is 8.08. The molecule has 2 aromatic carbocycles. The van der Waals surface area contributed by atoms with Gasteiger partial charge in [0.15, 0.2) is 9.84 Å². The average molecular weight is 440 g/mol. The van der Waals surface area contributed by atoms with Gasteiger partial charge >= 0.3 is 6.18 Å². The highest BCUT2D eigenvalue weighted by Crippen LogP contribution is 2.32. The number of rotatable bonds is 5. The van der Waals surface area contributed by atoms with E-state index < -0.39 is 27.5 Å². The molecule has 4 nitrogen and oxygen atoms in total. The maximum Gasteiger partial charge on any atom is 0.416 e. The maximum absolute atomic E-state index is 12.8. The normalized spacial score (nSPS) is 12.1. The quantitative estimate of drug-likeness (QED) is 0.731. The first-order valence-electron chi connectivity index (χ1n) is 7.62. The number of amides is 1. The zero-order valence-electron chi connectivity index (χ0n) is 13.9. The van der Waals surface area contributed by atoms with Crippen LogP contribution in [-0.4, -0.2) is 20.1 Å². The van der Waals surface area contributed by atoms with Crippen molar-refractivity contribution >= 4 is 38.9 Å². The predicted octanol–water partition coefficient (Wildman–Crippen LogP) is 4.74. The van der Waals surface area contributed by atoms with Gasteiger partial charge in [0.05, 0.1) is 26.8 Å². The topological polar surface area (TPSA) is 63.2 Å². The number of sulfone groups is 1. The predicted molar refractivity (Wildman–Crippen MR) is 96.8 cm³/mol. The van der Waals surface area contributed by atoms with Crippen molar-refractivity contribution in [3.63, 3.8) is 0 Å². The molecule has 0 spiro atoms. The zero-order valence-corrected chi connectivity index (χ0v) is 16.2. The van der Waals surface area contributed by atoms with E-state index in [1.54, 1.807) is 0 Å². The van der Waals surface area contributed by atoms with Crippen molar-refractivity contribution in [2.24, 2.45) is 0 Å². The van der Waals surface area contributed by atoms with Gasteiger partial charge in [-0.2, -0.15) is 13.2 Å². The van der Waals surface area contributed by atoms with Crippen molar-refractivity contribution in [3.05, 3.63) is 63.1 Å². The van der Waals surface area contributed by atoms with Gasteiger partial charge in [0, 0.05) is 11.6 Å². The molecular weight excluding hydrogens is 426 g/mol. The Hall–Kier alpha value is -1.77. The molecule has 2 aromatic rings. The van der Waals surface area contributed by atoms with E-state index in [1.165, 1.54) is 25.1 Å². The van der Waals surface area contributed by atoms with Crippen LogP contribution in [0.4, 0.5) is 13.2 Å². The molecule has 146 valence electrons. The highest BCUT2D eigenvalue weighted by atomic mass is 35.5. The van der Waals surface area contributed by atoms with Gasteiger partial charge in [0.1, 0.15) is 0 Å². The van der Waals surface area contributed by atoms with Crippen LogP contribution in [0.3, 0.4) is 0 Å². The number of hydrogen-bond donors (Lipinski definition) is 1. The number of hydrogen-bond acceptors (Lipinski definition) is 3. The lowest BCUT2D eigenvalue weighted by Gasteiger charge is -2.13. The summed E-state index contributed by atoms with van der Waals surface area (Å²) < 4.78 is 62.8. The lowest BCUT2D eigenvalue weighted by Crippen LogP contribution is -2.25. The molecule has 0 heterocycles. The van der Waals surface area contributed by atoms with Gasteiger partial charge in [-0.05, 0) is 42.0 Å². The first-order valence-corrected chi connectivity index (χ1v) is 10.0. The second-order valence-electron chi connectivity index (χ2n) is 5.53. The molecule has 1 N–H and O–H groups in total. The number of carbonyl (C=O) groups excluding carboxylic acids is 1. The Kier molecular flexibility index (Phi) is 6.44. The smallest absolute Gasteiger partial charge is 0.348 e. The molecule has 2 rings (SSSR count). The largest absolute Gasteiger partial charge is 0.416 e. The Morgan fingerprint density at radius 2 is 1.78 bits per heavy atom. The summed E-state index contributed by atoms with van der Waals surface area (Å²) in [6.45, 7) is 1.22. The van der Waals surface area contributed by atoms with Gasteiger partial charge < -0.3 is 5.32 Å². The highest BCUT2D eigenvalue weighted by Gasteiger charge is 2.31. The van der Waals surface area contributed by atoms with Crippen LogP contribution in [0.5, 0.6) is 0 Å². The van der Waals surface area contributed by atoms with Crippen LogP contribution in [0.1, 0.15) is 28.4 Å². The molecule has 0 saturated heterocycles. The van der Waals surface area contributed by atoms with Crippen LogP contribution in [0.2, 0.25) is 10.0 Å². The summed E-state index contributed by atoms with van der Waals surface area (Å²) in [6, 6.07) is 6.48. The van der Waals surface area contributed by atoms with E-state index in [0.717, 1.165) is 12.1 Å². The van der Waals surface area contributed by atoms with Crippen molar-refractivity contribution < 1.29 is 26.4 Å². The first-order chi connectivity index (χ1) is 12.5. The zero-order chi connectivity index (χ0) is 20.4. The number of carbonyl (C=O) groups is 1. The summed E-state index contributed by atoms with van der Waals surface area (Å²) in [5, 5.41) is 2.48. The van der Waals surface area contributed by atoms with Gasteiger partial charge in [-0.1, -0.05) is 30.1 Å². The number of alkyl halides is 3. The molecule has 1 amide bonds. The maximum atomic E-state index is 12.8. The molecule has 0 aliphatic heterocycles. The third kappa shape index (κ3) is 5.15. The van der Waals surface area contributed by atoms with Crippen LogP contribution in [0.25, 0.3) is 0 Å². The summed E-state index contributed by atoms with van der Waals surface area (Å²) in [5.74, 6) is -1.03. The van der Waals surface area contributed by atoms with E-state index in [2.05, 4.69) is 5.32 Å². The molecule has 0 bridgehead atoms. The number of halogens is 5. The minimum Gasteiger partial charge on any atom is -0.348 e. The lowest BCUT2D eigenvalue weighted by atomic mass is 10.1. The minimum absolute atomic E-state index is 0.00941. The molecule has 0 atom stereocenters. The summed E-state index contributed by atoms with van der Waals surface area (Å²) in [5.41, 5.74) is -1.16. The van der Waals surface area contributed by atoms with Crippen LogP contribution in [-0.2, 0) is 22.6 Å². The van der Waals surface area contributed by atoms with Crippen LogP contribution >= 0.6 is 23.2 Å². The Balaban J connectivity index is 2.31. The molecule has 27 heavy (non-hydrogen) atoms. The fraction of sp³-hybridized carbons (Fsp3) is 0.235. The molecule has 0 saturated carbocycles. The van der Waals surface area contributed by atoms with Gasteiger partial charge in [0.25, 0.3) is 5.91 Å². The lowest BCUT2D eigenvalue weighted by molar-refractivity contribution is -0.137. The molecule has 0 radical (unpaired) electrons. The van der Waals surface area contributed by atoms with E-state index in [-0.39, 0.29) is 38.4 Å². The van der Waals surface area contributed by atoms with Gasteiger partial charge in [-0.3, -0.25) is 4.79 Å². The third-order valence-corrected chi connectivity index (χ3v) is 6.11. The Bertz CT molecular complexity index is 976. The molecule has 0 aromatic heterocycles. The van der Waals surface area contributed by atoms with Crippen molar-refractivity contribution in [1.82, 2.24) is 5.32 Å². The highest BCUT2D eigenvalue weighted by molar-refractivity contribution is 7.91. The average Bonchev–Trinajstić information content (AvgIpc) is 2.58. The van der Waals surface area contributed by atoms with E-state index in [1.807, 2.05) is 0 Å². The molecule has 0 aliphatic rings. The van der Waals surface area contributed by atoms with Crippen LogP contribution in [0.15, 0.2) is 41.3 Å². The number of benzene rings is 2. The fourth-order valence-corrected chi connectivity index (χ4v) is 3.81. The standard InChI is InChI=1S/C17H14Cl2F3NO3S/c1-2-27(25,26)15-6-4-12(18)7-10(15)9-23-16(24)13-8-11(17(20,21)22)3-5-14(13)19/h3-8H,2,9H2,1H3,(H,23,24). The van der Waals surface area contributed by atoms with Crippen LogP contribution < -0.4 is 5.32 Å². The monoisotopic (exact) mass is 439 g/mol. The van der Waals surface area contributed by atoms with E-state index in [0.29, 0.717) is 6.07 Å². The van der Waals surface area contributed by atoms with Crippen molar-refractivity contribution in [1.29, 1.82) is 0 Å². The molecule has 0 unspecified atom stereocenters. The molecule has 0 fully saturated rings. The van der Waals surface area contributed by atoms with Crippen molar-refractivity contribution in [2.45, 2.75) is 24.5 Å². The summed E-state index contributed by atoms with van der Waals surface area (Å²) >= 11 is 11.7. The molecular formula is C17H14Cl2F3NO3S. The Morgan fingerprint density at radius 3 is 2.37 bits per heavy atom. The van der Waals surface area contributed by atoms with E-state index in [4.69, 9.17) is 23.2 Å². The number of nitrogens with one attached hydrogen (secondary N) is 1. The van der Waals surface area contributed by atoms with Crippen molar-refractivity contribution in [3.8, 4) is 0 Å². The van der Waals surface area contributed by atoms with E-state index >= 15 is 0 Å². The van der Waals surface area contributed by atoms with Gasteiger partial charge in [-0.15, -0.1) is 0 Å². The van der Waals surface area contributed by atoms with E-state index in [9.17, 15) is 26.4 Å². The van der Waals surface area contributed by atoms with Crippen molar-refractivity contribution in [2.75, 3.05) is 5.75 Å². The second-order valence-corrected chi connectivity index (χ2v) is 8.62. The summed E-state index contributed by atoms with van der Waals surface area (Å²) in [4.78, 5) is 12.3. The fourth-order valence-electron chi connectivity index (χ4n) is 2.29.